The SMILES string of the molecule is C[C@@]1(F)[C@@H]2OP(=O)(OC3CSSCC3OCc3ccccc3)OC[C@H]2O[C@H]1n1ccc(=O)[nH]c1=O. The number of fused-ring (bicyclic) bond motifs is 1. The van der Waals surface area contributed by atoms with Crippen molar-refractivity contribution < 1.29 is 32.0 Å². The second-order valence-corrected chi connectivity index (χ2v) is 12.6. The second-order valence-electron chi connectivity index (χ2n) is 8.51. The second kappa shape index (κ2) is 10.1. The van der Waals surface area contributed by atoms with Gasteiger partial charge in [-0.1, -0.05) is 51.9 Å². The van der Waals surface area contributed by atoms with Crippen molar-refractivity contribution in [2.24, 2.45) is 0 Å². The van der Waals surface area contributed by atoms with Gasteiger partial charge in [-0.25, -0.2) is 13.8 Å². The first-order valence-electron chi connectivity index (χ1n) is 10.9. The van der Waals surface area contributed by atoms with E-state index in [0.717, 1.165) is 22.4 Å². The van der Waals surface area contributed by atoms with Crippen molar-refractivity contribution in [3.05, 3.63) is 69.0 Å². The first-order valence-corrected chi connectivity index (χ1v) is 14.9. The van der Waals surface area contributed by atoms with E-state index in [1.807, 2.05) is 30.3 Å². The number of hydrogen-bond donors (Lipinski definition) is 1. The molecule has 35 heavy (non-hydrogen) atoms. The Kier molecular flexibility index (Phi) is 7.30. The van der Waals surface area contributed by atoms with Gasteiger partial charge in [-0.3, -0.25) is 27.9 Å². The number of nitrogens with one attached hydrogen (secondary N) is 1. The fraction of sp³-hybridized carbons (Fsp3) is 0.524. The van der Waals surface area contributed by atoms with Crippen LogP contribution in [0.15, 0.2) is 52.2 Å². The highest BCUT2D eigenvalue weighted by Crippen LogP contribution is 2.60. The number of aromatic amines is 1. The fourth-order valence-electron chi connectivity index (χ4n) is 4.15. The quantitative estimate of drug-likeness (QED) is 0.428. The van der Waals surface area contributed by atoms with Crippen LogP contribution in [0.25, 0.3) is 0 Å². The van der Waals surface area contributed by atoms with Crippen LogP contribution in [0.1, 0.15) is 18.7 Å². The lowest BCUT2D eigenvalue weighted by atomic mass is 9.98. The molecule has 14 heteroatoms. The molecule has 3 saturated heterocycles. The molecule has 0 amide bonds. The minimum Gasteiger partial charge on any atom is -0.370 e. The number of H-pyrrole nitrogens is 1. The molecule has 0 saturated carbocycles. The highest BCUT2D eigenvalue weighted by Gasteiger charge is 2.62. The number of aromatic nitrogens is 2. The van der Waals surface area contributed by atoms with Crippen LogP contribution in [-0.2, 0) is 34.2 Å². The zero-order valence-corrected chi connectivity index (χ0v) is 21.1. The Morgan fingerprint density at radius 1 is 1.20 bits per heavy atom. The van der Waals surface area contributed by atoms with E-state index < -0.39 is 49.3 Å². The summed E-state index contributed by atoms with van der Waals surface area (Å²) in [7, 11) is -1.00. The van der Waals surface area contributed by atoms with Gasteiger partial charge in [0.1, 0.15) is 18.3 Å². The van der Waals surface area contributed by atoms with Gasteiger partial charge in [0.2, 0.25) is 0 Å². The summed E-state index contributed by atoms with van der Waals surface area (Å²) in [5.74, 6) is 1.09. The van der Waals surface area contributed by atoms with Crippen molar-refractivity contribution in [1.82, 2.24) is 9.55 Å². The molecule has 3 fully saturated rings. The third kappa shape index (κ3) is 5.33. The van der Waals surface area contributed by atoms with E-state index in [0.29, 0.717) is 18.1 Å². The van der Waals surface area contributed by atoms with Crippen LogP contribution in [0.2, 0.25) is 0 Å². The monoisotopic (exact) mass is 546 g/mol. The Morgan fingerprint density at radius 2 is 1.94 bits per heavy atom. The average Bonchev–Trinajstić information content (AvgIpc) is 3.08. The maximum absolute atomic E-state index is 15.9. The number of phosphoric acid groups is 1. The number of benzene rings is 1. The molecule has 4 heterocycles. The highest BCUT2D eigenvalue weighted by molar-refractivity contribution is 8.76. The predicted octanol–water partition coefficient (Wildman–Crippen LogP) is 3.05. The Hall–Kier alpha value is -1.44. The maximum atomic E-state index is 15.9. The summed E-state index contributed by atoms with van der Waals surface area (Å²) in [5.41, 5.74) is -2.72. The van der Waals surface area contributed by atoms with E-state index in [1.165, 1.54) is 6.92 Å². The lowest BCUT2D eigenvalue weighted by Gasteiger charge is -2.37. The molecule has 10 nitrogen and oxygen atoms in total. The smallest absolute Gasteiger partial charge is 0.370 e. The zero-order valence-electron chi connectivity index (χ0n) is 18.6. The highest BCUT2D eigenvalue weighted by atomic mass is 33.1. The van der Waals surface area contributed by atoms with Crippen LogP contribution in [-0.4, -0.2) is 57.7 Å². The van der Waals surface area contributed by atoms with E-state index in [9.17, 15) is 14.2 Å². The van der Waals surface area contributed by atoms with Crippen LogP contribution >= 0.6 is 29.4 Å². The summed E-state index contributed by atoms with van der Waals surface area (Å²) in [5, 5.41) is 0. The lowest BCUT2D eigenvalue weighted by molar-refractivity contribution is -0.0864. The molecule has 2 aromatic rings. The Bertz CT molecular complexity index is 1210. The molecule has 0 spiro atoms. The summed E-state index contributed by atoms with van der Waals surface area (Å²) < 4.78 is 58.8. The van der Waals surface area contributed by atoms with Gasteiger partial charge in [0.25, 0.3) is 5.56 Å². The van der Waals surface area contributed by atoms with E-state index in [4.69, 9.17) is 23.0 Å². The van der Waals surface area contributed by atoms with Crippen LogP contribution in [0.3, 0.4) is 0 Å². The molecule has 0 radical (unpaired) electrons. The molecule has 3 aliphatic rings. The van der Waals surface area contributed by atoms with Gasteiger partial charge in [0.15, 0.2) is 11.9 Å². The standard InChI is InChI=1S/C21H24FN2O8PS2/c1-21(22)18-14(30-19(21)24-8-7-17(25)23-20(24)26)10-29-33(27,32-18)31-16-12-35-34-11-15(16)28-9-13-5-3-2-4-6-13/h2-8,14-16,18-19H,9-12H2,1H3,(H,23,25,26)/t14-,15?,16?,18-,19-,21-,33?/m1/s1. The largest absolute Gasteiger partial charge is 0.475 e. The molecular weight excluding hydrogens is 522 g/mol. The molecule has 3 aliphatic heterocycles. The molecule has 1 aromatic carbocycles. The number of phosphoric ester groups is 1. The van der Waals surface area contributed by atoms with Crippen LogP contribution in [0.4, 0.5) is 4.39 Å². The fourth-order valence-corrected chi connectivity index (χ4v) is 8.35. The molecule has 7 atom stereocenters. The third-order valence-corrected chi connectivity index (χ3v) is 9.85. The third-order valence-electron chi connectivity index (χ3n) is 5.96. The van der Waals surface area contributed by atoms with Gasteiger partial charge < -0.3 is 9.47 Å². The number of nitrogens with zero attached hydrogens (tertiary/aromatic N) is 1. The van der Waals surface area contributed by atoms with Gasteiger partial charge >= 0.3 is 13.5 Å². The molecule has 1 aromatic heterocycles. The van der Waals surface area contributed by atoms with E-state index in [1.54, 1.807) is 21.6 Å². The molecule has 0 aliphatic carbocycles. The number of hydrogen-bond acceptors (Lipinski definition) is 10. The molecule has 190 valence electrons. The maximum Gasteiger partial charge on any atom is 0.475 e. The van der Waals surface area contributed by atoms with Crippen LogP contribution < -0.4 is 11.2 Å². The predicted molar refractivity (Wildman–Crippen MR) is 128 cm³/mol. The van der Waals surface area contributed by atoms with Crippen molar-refractivity contribution in [3.63, 3.8) is 0 Å². The van der Waals surface area contributed by atoms with Crippen molar-refractivity contribution in [3.8, 4) is 0 Å². The lowest BCUT2D eigenvalue weighted by Crippen LogP contribution is -2.47. The van der Waals surface area contributed by atoms with E-state index in [2.05, 4.69) is 4.98 Å². The first kappa shape index (κ1) is 25.2. The molecule has 3 unspecified atom stereocenters. The van der Waals surface area contributed by atoms with E-state index in [-0.39, 0.29) is 12.7 Å². The number of alkyl halides is 1. The van der Waals surface area contributed by atoms with Crippen molar-refractivity contribution >= 4 is 29.4 Å². The summed E-state index contributed by atoms with van der Waals surface area (Å²) >= 11 is 0. The Labute approximate surface area is 207 Å². The average molecular weight is 547 g/mol. The van der Waals surface area contributed by atoms with E-state index >= 15 is 4.39 Å². The number of halogens is 1. The topological polar surface area (TPSA) is 118 Å². The van der Waals surface area contributed by atoms with Gasteiger partial charge in [-0.2, -0.15) is 0 Å². The number of rotatable bonds is 6. The summed E-state index contributed by atoms with van der Waals surface area (Å²) in [6.45, 7) is 1.30. The minimum absolute atomic E-state index is 0.250. The molecular formula is C21H24FN2O8PS2. The summed E-state index contributed by atoms with van der Waals surface area (Å²) in [6, 6.07) is 10.7. The van der Waals surface area contributed by atoms with Crippen molar-refractivity contribution in [1.29, 1.82) is 0 Å². The van der Waals surface area contributed by atoms with Gasteiger partial charge in [0, 0.05) is 23.8 Å². The van der Waals surface area contributed by atoms with Crippen molar-refractivity contribution in [2.75, 3.05) is 18.1 Å². The Balaban J connectivity index is 1.29. The van der Waals surface area contributed by atoms with Gasteiger partial charge in [0.05, 0.1) is 19.3 Å². The first-order chi connectivity index (χ1) is 16.7. The van der Waals surface area contributed by atoms with Crippen molar-refractivity contribution in [2.45, 2.75) is 49.8 Å². The normalized spacial score (nSPS) is 37.1. The Morgan fingerprint density at radius 3 is 2.69 bits per heavy atom. The molecule has 1 N–H and O–H groups in total. The summed E-state index contributed by atoms with van der Waals surface area (Å²) in [4.78, 5) is 25.7. The minimum atomic E-state index is -4.17. The molecule has 0 bridgehead atoms. The van der Waals surface area contributed by atoms with Gasteiger partial charge in [-0.15, -0.1) is 0 Å². The number of ether oxygens (including phenoxy) is 2. The van der Waals surface area contributed by atoms with Crippen LogP contribution in [0.5, 0.6) is 0 Å². The molecule has 5 rings (SSSR count). The zero-order chi connectivity index (χ0) is 24.6. The van der Waals surface area contributed by atoms with Crippen LogP contribution in [0, 0.1) is 0 Å². The summed E-state index contributed by atoms with van der Waals surface area (Å²) in [6.07, 6.45) is -3.50. The van der Waals surface area contributed by atoms with Gasteiger partial charge in [-0.05, 0) is 12.5 Å².